The Bertz CT molecular complexity index is 1090. The maximum atomic E-state index is 12.9. The SMILES string of the molecule is COCCc1nc(-c2ccc3c(c2)N(CCCCOc2ccc(Cl)cc2)C(=O)C(C)O3)cs1. The summed E-state index contributed by atoms with van der Waals surface area (Å²) < 4.78 is 16.8. The molecule has 1 unspecified atom stereocenters. The molecule has 33 heavy (non-hydrogen) atoms. The standard InChI is InChI=1S/C25H27ClN2O4S/c1-17-25(29)28(12-3-4-13-31-20-8-6-19(26)7-9-20)22-15-18(5-10-23(22)32-17)21-16-33-24(27-21)11-14-30-2/h5-10,15-17H,3-4,11-14H2,1-2H3. The average Bonchev–Trinajstić information content (AvgIpc) is 3.30. The van der Waals surface area contributed by atoms with Crippen molar-refractivity contribution in [3.8, 4) is 22.8 Å². The Morgan fingerprint density at radius 2 is 1.97 bits per heavy atom. The molecule has 1 aromatic heterocycles. The van der Waals surface area contributed by atoms with E-state index in [4.69, 9.17) is 30.8 Å². The van der Waals surface area contributed by atoms with Crippen LogP contribution in [0.5, 0.6) is 11.5 Å². The first-order valence-corrected chi connectivity index (χ1v) is 12.2. The molecule has 2 aromatic carbocycles. The van der Waals surface area contributed by atoms with Gasteiger partial charge in [-0.05, 0) is 62.2 Å². The molecule has 3 aromatic rings. The fourth-order valence-corrected chi connectivity index (χ4v) is 4.55. The van der Waals surface area contributed by atoms with E-state index in [1.165, 1.54) is 0 Å². The van der Waals surface area contributed by atoms with Crippen molar-refractivity contribution in [3.05, 3.63) is 57.9 Å². The van der Waals surface area contributed by atoms with E-state index in [0.717, 1.165) is 52.7 Å². The molecule has 0 N–H and O–H groups in total. The number of carbonyl (C=O) groups is 1. The monoisotopic (exact) mass is 486 g/mol. The van der Waals surface area contributed by atoms with Gasteiger partial charge in [-0.25, -0.2) is 4.98 Å². The van der Waals surface area contributed by atoms with Crippen molar-refractivity contribution in [1.29, 1.82) is 0 Å². The molecule has 0 spiro atoms. The maximum Gasteiger partial charge on any atom is 0.267 e. The Morgan fingerprint density at radius 1 is 1.15 bits per heavy atom. The van der Waals surface area contributed by atoms with Gasteiger partial charge < -0.3 is 19.1 Å². The molecule has 0 fully saturated rings. The van der Waals surface area contributed by atoms with Crippen LogP contribution in [-0.2, 0) is 16.0 Å². The number of unbranched alkanes of at least 4 members (excludes halogenated alkanes) is 1. The first-order valence-electron chi connectivity index (χ1n) is 11.0. The number of amides is 1. The van der Waals surface area contributed by atoms with Gasteiger partial charge in [0.15, 0.2) is 6.10 Å². The first-order chi connectivity index (χ1) is 16.0. The molecule has 1 aliphatic heterocycles. The third-order valence-corrected chi connectivity index (χ3v) is 6.55. The number of hydrogen-bond acceptors (Lipinski definition) is 6. The summed E-state index contributed by atoms with van der Waals surface area (Å²) in [6.07, 6.45) is 1.92. The highest BCUT2D eigenvalue weighted by molar-refractivity contribution is 7.09. The number of halogens is 1. The van der Waals surface area contributed by atoms with Gasteiger partial charge in [0.1, 0.15) is 11.5 Å². The van der Waals surface area contributed by atoms with Gasteiger partial charge in [0.05, 0.1) is 29.6 Å². The number of benzene rings is 2. The van der Waals surface area contributed by atoms with Gasteiger partial charge in [0, 0.05) is 36.0 Å². The summed E-state index contributed by atoms with van der Waals surface area (Å²) in [5.41, 5.74) is 2.66. The fourth-order valence-electron chi connectivity index (χ4n) is 3.64. The minimum Gasteiger partial charge on any atom is -0.494 e. The number of carbonyl (C=O) groups excluding carboxylic acids is 1. The zero-order valence-electron chi connectivity index (χ0n) is 18.8. The van der Waals surface area contributed by atoms with Gasteiger partial charge in [-0.3, -0.25) is 4.79 Å². The summed E-state index contributed by atoms with van der Waals surface area (Å²) in [4.78, 5) is 19.4. The van der Waals surface area contributed by atoms with E-state index in [-0.39, 0.29) is 5.91 Å². The van der Waals surface area contributed by atoms with Crippen LogP contribution in [0.25, 0.3) is 11.3 Å². The molecule has 0 saturated heterocycles. The minimum absolute atomic E-state index is 0.0302. The lowest BCUT2D eigenvalue weighted by Crippen LogP contribution is -2.45. The van der Waals surface area contributed by atoms with E-state index in [2.05, 4.69) is 0 Å². The predicted octanol–water partition coefficient (Wildman–Crippen LogP) is 5.63. The van der Waals surface area contributed by atoms with Crippen molar-refractivity contribution in [1.82, 2.24) is 4.98 Å². The van der Waals surface area contributed by atoms with Crippen molar-refractivity contribution in [2.45, 2.75) is 32.3 Å². The zero-order valence-corrected chi connectivity index (χ0v) is 20.3. The minimum atomic E-state index is -0.506. The van der Waals surface area contributed by atoms with Crippen LogP contribution in [0.1, 0.15) is 24.8 Å². The second kappa shape index (κ2) is 11.0. The molecule has 6 nitrogen and oxygen atoms in total. The average molecular weight is 487 g/mol. The number of thiazole rings is 1. The zero-order chi connectivity index (χ0) is 23.2. The Morgan fingerprint density at radius 3 is 2.76 bits per heavy atom. The van der Waals surface area contributed by atoms with Crippen molar-refractivity contribution < 1.29 is 19.0 Å². The molecule has 8 heteroatoms. The van der Waals surface area contributed by atoms with E-state index < -0.39 is 6.10 Å². The van der Waals surface area contributed by atoms with Crippen molar-refractivity contribution in [2.24, 2.45) is 0 Å². The van der Waals surface area contributed by atoms with Crippen LogP contribution in [0.3, 0.4) is 0 Å². The lowest BCUT2D eigenvalue weighted by atomic mass is 10.1. The lowest BCUT2D eigenvalue weighted by molar-refractivity contribution is -0.125. The van der Waals surface area contributed by atoms with Crippen LogP contribution in [0.4, 0.5) is 5.69 Å². The van der Waals surface area contributed by atoms with Gasteiger partial charge in [-0.15, -0.1) is 11.3 Å². The second-order valence-electron chi connectivity index (χ2n) is 7.81. The van der Waals surface area contributed by atoms with E-state index in [1.807, 2.05) is 52.7 Å². The van der Waals surface area contributed by atoms with Crippen LogP contribution in [-0.4, -0.2) is 43.9 Å². The molecule has 0 bridgehead atoms. The molecule has 4 rings (SSSR count). The topological polar surface area (TPSA) is 60.9 Å². The van der Waals surface area contributed by atoms with Gasteiger partial charge in [0.25, 0.3) is 5.91 Å². The van der Waals surface area contributed by atoms with Crippen LogP contribution in [0, 0.1) is 0 Å². The number of ether oxygens (including phenoxy) is 3. The summed E-state index contributed by atoms with van der Waals surface area (Å²) >= 11 is 7.53. The highest BCUT2D eigenvalue weighted by Gasteiger charge is 2.31. The summed E-state index contributed by atoms with van der Waals surface area (Å²) in [7, 11) is 1.69. The lowest BCUT2D eigenvalue weighted by Gasteiger charge is -2.33. The second-order valence-corrected chi connectivity index (χ2v) is 9.19. The Kier molecular flexibility index (Phi) is 7.85. The van der Waals surface area contributed by atoms with Crippen LogP contribution >= 0.6 is 22.9 Å². The normalized spacial score (nSPS) is 15.3. The molecule has 1 aliphatic rings. The molecular formula is C25H27ClN2O4S. The van der Waals surface area contributed by atoms with E-state index in [9.17, 15) is 4.79 Å². The predicted molar refractivity (Wildman–Crippen MR) is 132 cm³/mol. The molecule has 1 atom stereocenters. The quantitative estimate of drug-likeness (QED) is 0.348. The van der Waals surface area contributed by atoms with Gasteiger partial charge in [0.2, 0.25) is 0 Å². The van der Waals surface area contributed by atoms with Crippen molar-refractivity contribution in [3.63, 3.8) is 0 Å². The van der Waals surface area contributed by atoms with Gasteiger partial charge in [-0.1, -0.05) is 11.6 Å². The first kappa shape index (κ1) is 23.5. The maximum absolute atomic E-state index is 12.9. The molecule has 0 aliphatic carbocycles. The van der Waals surface area contributed by atoms with Crippen LogP contribution in [0.2, 0.25) is 5.02 Å². The molecular weight excluding hydrogens is 460 g/mol. The third-order valence-electron chi connectivity index (χ3n) is 5.39. The smallest absolute Gasteiger partial charge is 0.267 e. The molecule has 2 heterocycles. The highest BCUT2D eigenvalue weighted by atomic mass is 35.5. The number of methoxy groups -OCH3 is 1. The van der Waals surface area contributed by atoms with Crippen molar-refractivity contribution >= 4 is 34.5 Å². The summed E-state index contributed by atoms with van der Waals surface area (Å²) in [5.74, 6) is 1.48. The third kappa shape index (κ3) is 5.85. The molecule has 174 valence electrons. The van der Waals surface area contributed by atoms with E-state index in [1.54, 1.807) is 25.4 Å². The van der Waals surface area contributed by atoms with Crippen molar-refractivity contribution in [2.75, 3.05) is 31.8 Å². The fraction of sp³-hybridized carbons (Fsp3) is 0.360. The van der Waals surface area contributed by atoms with E-state index in [0.29, 0.717) is 24.8 Å². The molecule has 0 radical (unpaired) electrons. The van der Waals surface area contributed by atoms with Gasteiger partial charge in [-0.2, -0.15) is 0 Å². The number of fused-ring (bicyclic) bond motifs is 1. The number of rotatable bonds is 10. The Balaban J connectivity index is 1.41. The number of anilines is 1. The highest BCUT2D eigenvalue weighted by Crippen LogP contribution is 2.38. The summed E-state index contributed by atoms with van der Waals surface area (Å²) in [6.45, 7) is 3.61. The van der Waals surface area contributed by atoms with Crippen LogP contribution < -0.4 is 14.4 Å². The Labute approximate surface area is 203 Å². The Hall–Kier alpha value is -2.61. The largest absolute Gasteiger partial charge is 0.494 e. The van der Waals surface area contributed by atoms with Crippen LogP contribution in [0.15, 0.2) is 47.8 Å². The molecule has 0 saturated carbocycles. The number of nitrogens with zero attached hydrogens (tertiary/aromatic N) is 2. The van der Waals surface area contributed by atoms with Gasteiger partial charge >= 0.3 is 0 Å². The summed E-state index contributed by atoms with van der Waals surface area (Å²) in [5, 5.41) is 3.76. The summed E-state index contributed by atoms with van der Waals surface area (Å²) in [6, 6.07) is 13.2. The number of aromatic nitrogens is 1. The molecule has 1 amide bonds. The van der Waals surface area contributed by atoms with E-state index >= 15 is 0 Å². The number of hydrogen-bond donors (Lipinski definition) is 0.